The van der Waals surface area contributed by atoms with E-state index in [9.17, 15) is 13.2 Å². The molecule has 0 saturated heterocycles. The quantitative estimate of drug-likeness (QED) is 0.927. The first-order valence-electron chi connectivity index (χ1n) is 7.11. The van der Waals surface area contributed by atoms with Crippen molar-refractivity contribution < 1.29 is 17.7 Å². The van der Waals surface area contributed by atoms with Crippen LogP contribution in [0.15, 0.2) is 4.52 Å². The van der Waals surface area contributed by atoms with Crippen LogP contribution >= 0.6 is 0 Å². The van der Waals surface area contributed by atoms with Crippen LogP contribution in [0.4, 0.5) is 13.2 Å². The lowest BCUT2D eigenvalue weighted by atomic mass is 9.81. The van der Waals surface area contributed by atoms with Gasteiger partial charge in [0.1, 0.15) is 0 Å². The van der Waals surface area contributed by atoms with E-state index in [1.54, 1.807) is 0 Å². The summed E-state index contributed by atoms with van der Waals surface area (Å²) < 4.78 is 43.0. The maximum atomic E-state index is 12.6. The Hall–Kier alpha value is -1.11. The minimum Gasteiger partial charge on any atom is -0.339 e. The van der Waals surface area contributed by atoms with Crippen molar-refractivity contribution in [3.8, 4) is 0 Å². The fourth-order valence-electron chi connectivity index (χ4n) is 2.88. The third kappa shape index (κ3) is 2.82. The van der Waals surface area contributed by atoms with Gasteiger partial charge >= 0.3 is 6.18 Å². The van der Waals surface area contributed by atoms with Gasteiger partial charge in [0.25, 0.3) is 0 Å². The van der Waals surface area contributed by atoms with Crippen molar-refractivity contribution in [3.05, 3.63) is 11.7 Å². The third-order valence-corrected chi connectivity index (χ3v) is 4.42. The van der Waals surface area contributed by atoms with Gasteiger partial charge in [0, 0.05) is 5.92 Å². The smallest absolute Gasteiger partial charge is 0.339 e. The van der Waals surface area contributed by atoms with Crippen molar-refractivity contribution in [2.75, 3.05) is 0 Å². The van der Waals surface area contributed by atoms with Gasteiger partial charge in [0.2, 0.25) is 5.89 Å². The van der Waals surface area contributed by atoms with Crippen molar-refractivity contribution in [1.82, 2.24) is 10.1 Å². The molecule has 1 aromatic heterocycles. The maximum Gasteiger partial charge on any atom is 0.391 e. The average Bonchev–Trinajstić information content (AvgIpc) is 3.14. The van der Waals surface area contributed by atoms with Gasteiger partial charge in [0.05, 0.1) is 12.0 Å². The molecule has 112 valence electrons. The largest absolute Gasteiger partial charge is 0.391 e. The highest BCUT2D eigenvalue weighted by molar-refractivity contribution is 5.03. The predicted molar refractivity (Wildman–Crippen MR) is 64.7 cm³/mol. The van der Waals surface area contributed by atoms with Gasteiger partial charge in [0.15, 0.2) is 5.82 Å². The van der Waals surface area contributed by atoms with E-state index >= 15 is 0 Å². The van der Waals surface area contributed by atoms with E-state index in [4.69, 9.17) is 10.3 Å². The number of hydrogen-bond acceptors (Lipinski definition) is 4. The predicted octanol–water partition coefficient (Wildman–Crippen LogP) is 3.32. The molecule has 3 rings (SSSR count). The van der Waals surface area contributed by atoms with Crippen molar-refractivity contribution in [1.29, 1.82) is 0 Å². The molecular formula is C13H18F3N3O. The summed E-state index contributed by atoms with van der Waals surface area (Å²) in [6.07, 6.45) is -0.737. The minimum atomic E-state index is -4.08. The van der Waals surface area contributed by atoms with Crippen LogP contribution in [0.2, 0.25) is 0 Å². The summed E-state index contributed by atoms with van der Waals surface area (Å²) in [5.74, 6) is 0.148. The standard InChI is InChI=1S/C13H18F3N3O/c14-13(15,16)9-5-3-8(4-6-9)12-18-11(19-20-12)10(17)7-1-2-7/h7-10H,1-6,17H2. The van der Waals surface area contributed by atoms with Crippen LogP contribution in [0.25, 0.3) is 0 Å². The lowest BCUT2D eigenvalue weighted by Gasteiger charge is -2.27. The average molecular weight is 289 g/mol. The second-order valence-electron chi connectivity index (χ2n) is 5.94. The topological polar surface area (TPSA) is 64.9 Å². The van der Waals surface area contributed by atoms with Gasteiger partial charge in [-0.25, -0.2) is 0 Å². The summed E-state index contributed by atoms with van der Waals surface area (Å²) in [7, 11) is 0. The number of rotatable bonds is 3. The highest BCUT2D eigenvalue weighted by atomic mass is 19.4. The van der Waals surface area contributed by atoms with Crippen molar-refractivity contribution >= 4 is 0 Å². The van der Waals surface area contributed by atoms with Gasteiger partial charge in [-0.15, -0.1) is 0 Å². The molecule has 1 atom stereocenters. The molecule has 1 heterocycles. The van der Waals surface area contributed by atoms with Gasteiger partial charge in [-0.1, -0.05) is 5.16 Å². The Balaban J connectivity index is 1.60. The zero-order chi connectivity index (χ0) is 14.3. The lowest BCUT2D eigenvalue weighted by molar-refractivity contribution is -0.182. The summed E-state index contributed by atoms with van der Waals surface area (Å²) in [6.45, 7) is 0. The van der Waals surface area contributed by atoms with Crippen molar-refractivity contribution in [2.45, 2.75) is 56.7 Å². The molecule has 0 aliphatic heterocycles. The highest BCUT2D eigenvalue weighted by Crippen LogP contribution is 2.43. The number of nitrogens with two attached hydrogens (primary N) is 1. The van der Waals surface area contributed by atoms with E-state index in [1.165, 1.54) is 0 Å². The molecule has 0 radical (unpaired) electrons. The number of nitrogens with zero attached hydrogens (tertiary/aromatic N) is 2. The summed E-state index contributed by atoms with van der Waals surface area (Å²) in [6, 6.07) is -0.195. The second-order valence-corrected chi connectivity index (χ2v) is 5.94. The Kier molecular flexibility index (Phi) is 3.48. The molecule has 0 amide bonds. The van der Waals surface area contributed by atoms with Crippen LogP contribution in [0, 0.1) is 11.8 Å². The van der Waals surface area contributed by atoms with Gasteiger partial charge in [-0.3, -0.25) is 0 Å². The summed E-state index contributed by atoms with van der Waals surface area (Å²) in [5.41, 5.74) is 5.99. The molecule has 2 saturated carbocycles. The van der Waals surface area contributed by atoms with E-state index in [-0.39, 0.29) is 24.8 Å². The molecule has 7 heteroatoms. The Morgan fingerprint density at radius 1 is 1.10 bits per heavy atom. The molecule has 2 aliphatic carbocycles. The maximum absolute atomic E-state index is 12.6. The SMILES string of the molecule is NC(c1noc(C2CCC(C(F)(F)F)CC2)n1)C1CC1. The molecule has 0 aromatic carbocycles. The first-order valence-corrected chi connectivity index (χ1v) is 7.11. The number of aromatic nitrogens is 2. The van der Waals surface area contributed by atoms with Crippen LogP contribution in [0.3, 0.4) is 0 Å². The molecule has 2 fully saturated rings. The molecule has 0 bridgehead atoms. The van der Waals surface area contributed by atoms with Crippen LogP contribution in [0.1, 0.15) is 62.2 Å². The molecule has 0 spiro atoms. The zero-order valence-electron chi connectivity index (χ0n) is 11.1. The van der Waals surface area contributed by atoms with Crippen LogP contribution in [0.5, 0.6) is 0 Å². The normalized spacial score (nSPS) is 29.4. The molecular weight excluding hydrogens is 271 g/mol. The van der Waals surface area contributed by atoms with Gasteiger partial charge < -0.3 is 10.3 Å². The third-order valence-electron chi connectivity index (χ3n) is 4.42. The van der Waals surface area contributed by atoms with Crippen LogP contribution in [-0.2, 0) is 0 Å². The Morgan fingerprint density at radius 3 is 2.30 bits per heavy atom. The first-order chi connectivity index (χ1) is 9.45. The Labute approximate surface area is 114 Å². The highest BCUT2D eigenvalue weighted by Gasteiger charge is 2.42. The van der Waals surface area contributed by atoms with Gasteiger partial charge in [-0.2, -0.15) is 18.2 Å². The summed E-state index contributed by atoms with van der Waals surface area (Å²) >= 11 is 0. The lowest BCUT2D eigenvalue weighted by Crippen LogP contribution is -2.27. The van der Waals surface area contributed by atoms with E-state index < -0.39 is 12.1 Å². The van der Waals surface area contributed by atoms with E-state index in [2.05, 4.69) is 10.1 Å². The fraction of sp³-hybridized carbons (Fsp3) is 0.846. The number of hydrogen-bond donors (Lipinski definition) is 1. The molecule has 20 heavy (non-hydrogen) atoms. The summed E-state index contributed by atoms with van der Waals surface area (Å²) in [5, 5.41) is 3.89. The molecule has 2 aliphatic rings. The Morgan fingerprint density at radius 2 is 1.75 bits per heavy atom. The number of halogens is 3. The molecule has 1 aromatic rings. The van der Waals surface area contributed by atoms with E-state index in [0.29, 0.717) is 30.5 Å². The second kappa shape index (κ2) is 5.02. The number of alkyl halides is 3. The summed E-state index contributed by atoms with van der Waals surface area (Å²) in [4.78, 5) is 4.30. The first kappa shape index (κ1) is 13.9. The van der Waals surface area contributed by atoms with Crippen LogP contribution in [-0.4, -0.2) is 16.3 Å². The molecule has 2 N–H and O–H groups in total. The molecule has 1 unspecified atom stereocenters. The Bertz CT molecular complexity index is 462. The van der Waals surface area contributed by atoms with Crippen LogP contribution < -0.4 is 5.73 Å². The van der Waals surface area contributed by atoms with Crippen molar-refractivity contribution in [3.63, 3.8) is 0 Å². The monoisotopic (exact) mass is 289 g/mol. The molecule has 4 nitrogen and oxygen atoms in total. The van der Waals surface area contributed by atoms with Gasteiger partial charge in [-0.05, 0) is 44.4 Å². The van der Waals surface area contributed by atoms with E-state index in [0.717, 1.165) is 12.8 Å². The zero-order valence-corrected chi connectivity index (χ0v) is 11.1. The van der Waals surface area contributed by atoms with E-state index in [1.807, 2.05) is 0 Å². The minimum absolute atomic E-state index is 0.0544. The fourth-order valence-corrected chi connectivity index (χ4v) is 2.88. The van der Waals surface area contributed by atoms with Crippen molar-refractivity contribution in [2.24, 2.45) is 17.6 Å².